The minimum Gasteiger partial charge on any atom is -0.332 e. The van der Waals surface area contributed by atoms with Gasteiger partial charge >= 0.3 is 0 Å². The third-order valence-electron chi connectivity index (χ3n) is 2.67. The molecule has 1 aromatic carbocycles. The van der Waals surface area contributed by atoms with Gasteiger partial charge in [-0.25, -0.2) is 4.98 Å². The van der Waals surface area contributed by atoms with Crippen LogP contribution >= 0.6 is 0 Å². The van der Waals surface area contributed by atoms with Crippen molar-refractivity contribution in [1.82, 2.24) is 9.97 Å². The van der Waals surface area contributed by atoms with Crippen molar-refractivity contribution in [1.29, 1.82) is 5.41 Å². The number of aryl methyl sites for hydroxylation is 2. The Kier molecular flexibility index (Phi) is 3.94. The number of allylic oxidation sites excluding steroid dienone is 1. The molecule has 0 saturated heterocycles. The van der Waals surface area contributed by atoms with Crippen LogP contribution in [0.1, 0.15) is 28.2 Å². The minimum absolute atomic E-state index is 0.703. The second kappa shape index (κ2) is 5.83. The van der Waals surface area contributed by atoms with E-state index >= 15 is 0 Å². The summed E-state index contributed by atoms with van der Waals surface area (Å²) in [4.78, 5) is 7.24. The quantitative estimate of drug-likeness (QED) is 0.623. The molecule has 0 spiro atoms. The van der Waals surface area contributed by atoms with Gasteiger partial charge < -0.3 is 10.4 Å². The summed E-state index contributed by atoms with van der Waals surface area (Å²) in [5, 5.41) is 6.91. The van der Waals surface area contributed by atoms with Crippen molar-refractivity contribution in [3.8, 4) is 11.8 Å². The van der Waals surface area contributed by atoms with Crippen LogP contribution in [0.3, 0.4) is 0 Å². The van der Waals surface area contributed by atoms with Crippen LogP contribution in [0.4, 0.5) is 0 Å². The zero-order chi connectivity index (χ0) is 13.7. The van der Waals surface area contributed by atoms with E-state index in [2.05, 4.69) is 53.9 Å². The molecule has 2 N–H and O–H groups in total. The predicted molar refractivity (Wildman–Crippen MR) is 78.3 cm³/mol. The van der Waals surface area contributed by atoms with Gasteiger partial charge in [-0.2, -0.15) is 0 Å². The molecule has 19 heavy (non-hydrogen) atoms. The number of imidazole rings is 1. The van der Waals surface area contributed by atoms with E-state index in [0.717, 1.165) is 11.3 Å². The zero-order valence-electron chi connectivity index (χ0n) is 11.0. The Balaban J connectivity index is 2.24. The predicted octanol–water partition coefficient (Wildman–Crippen LogP) is 3.09. The standard InChI is InChI=1S/C16H15N3/c1-12-5-6-13(2)14(10-12)7-8-15-11-18-16(19-15)4-3-9-17/h3-6,9-11,17H,1-2H3,(H,18,19)/b4-3-,17-9?. The van der Waals surface area contributed by atoms with Crippen molar-refractivity contribution in [2.24, 2.45) is 0 Å². The maximum Gasteiger partial charge on any atom is 0.130 e. The van der Waals surface area contributed by atoms with Crippen LogP contribution in [-0.4, -0.2) is 16.2 Å². The van der Waals surface area contributed by atoms with Gasteiger partial charge in [0, 0.05) is 11.8 Å². The summed E-state index contributed by atoms with van der Waals surface area (Å²) in [6.07, 6.45) is 6.25. The summed E-state index contributed by atoms with van der Waals surface area (Å²) in [6.45, 7) is 4.11. The maximum atomic E-state index is 6.91. The number of H-pyrrole nitrogens is 1. The summed E-state index contributed by atoms with van der Waals surface area (Å²) in [6, 6.07) is 6.23. The smallest absolute Gasteiger partial charge is 0.130 e. The molecule has 0 aliphatic carbocycles. The lowest BCUT2D eigenvalue weighted by atomic mass is 10.1. The summed E-state index contributed by atoms with van der Waals surface area (Å²) >= 11 is 0. The van der Waals surface area contributed by atoms with Crippen LogP contribution in [0, 0.1) is 31.1 Å². The SMILES string of the molecule is Cc1ccc(C)c(C#Cc2cnc(/C=C\C=N)[nH]2)c1. The van der Waals surface area contributed by atoms with Gasteiger partial charge in [0.15, 0.2) is 0 Å². The maximum absolute atomic E-state index is 6.91. The first kappa shape index (κ1) is 12.8. The van der Waals surface area contributed by atoms with Crippen LogP contribution in [0.5, 0.6) is 0 Å². The number of aromatic amines is 1. The molecular formula is C16H15N3. The fourth-order valence-corrected chi connectivity index (χ4v) is 1.63. The molecule has 0 atom stereocenters. The topological polar surface area (TPSA) is 52.5 Å². The molecule has 0 unspecified atom stereocenters. The normalized spacial score (nSPS) is 10.2. The lowest BCUT2D eigenvalue weighted by Gasteiger charge is -1.98. The van der Waals surface area contributed by atoms with E-state index in [1.54, 1.807) is 18.3 Å². The largest absolute Gasteiger partial charge is 0.332 e. The molecule has 2 aromatic rings. The van der Waals surface area contributed by atoms with Gasteiger partial charge in [0.2, 0.25) is 0 Å². The van der Waals surface area contributed by atoms with Crippen molar-refractivity contribution in [2.45, 2.75) is 13.8 Å². The summed E-state index contributed by atoms with van der Waals surface area (Å²) in [7, 11) is 0. The van der Waals surface area contributed by atoms with Gasteiger partial charge in [-0.1, -0.05) is 18.1 Å². The average molecular weight is 249 g/mol. The first-order valence-electron chi connectivity index (χ1n) is 6.00. The lowest BCUT2D eigenvalue weighted by molar-refractivity contribution is 1.26. The number of benzene rings is 1. The number of hydrogen-bond acceptors (Lipinski definition) is 2. The number of aromatic nitrogens is 2. The van der Waals surface area contributed by atoms with E-state index < -0.39 is 0 Å². The van der Waals surface area contributed by atoms with Gasteiger partial charge in [-0.15, -0.1) is 0 Å². The lowest BCUT2D eigenvalue weighted by Crippen LogP contribution is -1.84. The molecule has 1 aromatic heterocycles. The molecule has 0 amide bonds. The van der Waals surface area contributed by atoms with Gasteiger partial charge in [-0.05, 0) is 49.1 Å². The fourth-order valence-electron chi connectivity index (χ4n) is 1.63. The second-order valence-corrected chi connectivity index (χ2v) is 4.28. The Morgan fingerprint density at radius 3 is 2.89 bits per heavy atom. The average Bonchev–Trinajstić information content (AvgIpc) is 2.85. The van der Waals surface area contributed by atoms with E-state index in [4.69, 9.17) is 5.41 Å². The van der Waals surface area contributed by atoms with Crippen LogP contribution in [-0.2, 0) is 0 Å². The van der Waals surface area contributed by atoms with Crippen molar-refractivity contribution in [3.05, 3.63) is 58.7 Å². The number of rotatable bonds is 2. The Hall–Kier alpha value is -2.60. The molecule has 3 nitrogen and oxygen atoms in total. The van der Waals surface area contributed by atoms with Crippen LogP contribution in [0.2, 0.25) is 0 Å². The Labute approximate surface area is 112 Å². The van der Waals surface area contributed by atoms with E-state index in [0.29, 0.717) is 5.82 Å². The molecule has 1 heterocycles. The highest BCUT2D eigenvalue weighted by atomic mass is 14.9. The molecular weight excluding hydrogens is 234 g/mol. The number of nitrogens with one attached hydrogen (secondary N) is 2. The summed E-state index contributed by atoms with van der Waals surface area (Å²) in [5.41, 5.74) is 4.17. The highest BCUT2D eigenvalue weighted by molar-refractivity contribution is 5.74. The highest BCUT2D eigenvalue weighted by Crippen LogP contribution is 2.09. The van der Waals surface area contributed by atoms with E-state index in [1.807, 2.05) is 0 Å². The molecule has 0 aliphatic rings. The second-order valence-electron chi connectivity index (χ2n) is 4.28. The van der Waals surface area contributed by atoms with Crippen molar-refractivity contribution in [3.63, 3.8) is 0 Å². The zero-order valence-corrected chi connectivity index (χ0v) is 11.0. The van der Waals surface area contributed by atoms with Gasteiger partial charge in [0.1, 0.15) is 11.5 Å². The van der Waals surface area contributed by atoms with Crippen LogP contribution in [0.15, 0.2) is 30.5 Å². The molecule has 94 valence electrons. The van der Waals surface area contributed by atoms with Gasteiger partial charge in [0.05, 0.1) is 6.20 Å². The van der Waals surface area contributed by atoms with Crippen LogP contribution in [0.25, 0.3) is 6.08 Å². The first-order valence-corrected chi connectivity index (χ1v) is 6.00. The molecule has 0 bridgehead atoms. The summed E-state index contributed by atoms with van der Waals surface area (Å²) in [5.74, 6) is 6.92. The third-order valence-corrected chi connectivity index (χ3v) is 2.67. The van der Waals surface area contributed by atoms with Crippen LogP contribution < -0.4 is 0 Å². The molecule has 2 rings (SSSR count). The summed E-state index contributed by atoms with van der Waals surface area (Å²) < 4.78 is 0. The van der Waals surface area contributed by atoms with Crippen molar-refractivity contribution < 1.29 is 0 Å². The van der Waals surface area contributed by atoms with E-state index in [9.17, 15) is 0 Å². The first-order chi connectivity index (χ1) is 9.19. The molecule has 0 aliphatic heterocycles. The third kappa shape index (κ3) is 3.43. The number of hydrogen-bond donors (Lipinski definition) is 2. The fraction of sp³-hybridized carbons (Fsp3) is 0.125. The van der Waals surface area contributed by atoms with E-state index in [-0.39, 0.29) is 0 Å². The van der Waals surface area contributed by atoms with Gasteiger partial charge in [0.25, 0.3) is 0 Å². The molecule has 0 saturated carbocycles. The Morgan fingerprint density at radius 2 is 2.11 bits per heavy atom. The van der Waals surface area contributed by atoms with Crippen molar-refractivity contribution >= 4 is 12.3 Å². The van der Waals surface area contributed by atoms with Crippen molar-refractivity contribution in [2.75, 3.05) is 0 Å². The number of nitrogens with zero attached hydrogens (tertiary/aromatic N) is 1. The molecule has 0 fully saturated rings. The van der Waals surface area contributed by atoms with E-state index in [1.165, 1.54) is 17.3 Å². The molecule has 3 heteroatoms. The minimum atomic E-state index is 0.703. The van der Waals surface area contributed by atoms with Gasteiger partial charge in [-0.3, -0.25) is 0 Å². The molecule has 0 radical (unpaired) electrons. The Bertz CT molecular complexity index is 682. The highest BCUT2D eigenvalue weighted by Gasteiger charge is 1.96. The monoisotopic (exact) mass is 249 g/mol. The Morgan fingerprint density at radius 1 is 1.26 bits per heavy atom.